The standard InChI is InChI=1S/C16H24N4/c1-12(2)20-16(18-11-19-20)10-15(17-4)13(3)14-8-6-5-7-9-14/h5-9,11-13,15,17H,10H2,1-4H3. The Bertz CT molecular complexity index is 518. The van der Waals surface area contributed by atoms with Crippen molar-refractivity contribution in [3.8, 4) is 0 Å². The topological polar surface area (TPSA) is 42.7 Å². The van der Waals surface area contributed by atoms with Crippen LogP contribution in [0.2, 0.25) is 0 Å². The molecule has 2 rings (SSSR count). The van der Waals surface area contributed by atoms with Crippen LogP contribution in [0.4, 0.5) is 0 Å². The first-order chi connectivity index (χ1) is 9.63. The van der Waals surface area contributed by atoms with Gasteiger partial charge in [-0.05, 0) is 32.4 Å². The number of nitrogens with zero attached hydrogens (tertiary/aromatic N) is 3. The maximum atomic E-state index is 4.41. The molecule has 2 aromatic rings. The van der Waals surface area contributed by atoms with Gasteiger partial charge in [-0.1, -0.05) is 37.3 Å². The number of nitrogens with one attached hydrogen (secondary N) is 1. The predicted molar refractivity (Wildman–Crippen MR) is 81.8 cm³/mol. The van der Waals surface area contributed by atoms with Crippen molar-refractivity contribution in [1.29, 1.82) is 0 Å². The number of rotatable bonds is 6. The van der Waals surface area contributed by atoms with Crippen LogP contribution in [0, 0.1) is 0 Å². The van der Waals surface area contributed by atoms with Crippen molar-refractivity contribution in [2.45, 2.75) is 45.2 Å². The van der Waals surface area contributed by atoms with Crippen LogP contribution in [-0.4, -0.2) is 27.9 Å². The molecule has 0 amide bonds. The molecule has 0 saturated carbocycles. The first-order valence-corrected chi connectivity index (χ1v) is 7.24. The van der Waals surface area contributed by atoms with Gasteiger partial charge in [0.15, 0.2) is 0 Å². The van der Waals surface area contributed by atoms with Gasteiger partial charge in [0.05, 0.1) is 0 Å². The van der Waals surface area contributed by atoms with Gasteiger partial charge in [-0.3, -0.25) is 0 Å². The molecule has 2 unspecified atom stereocenters. The zero-order valence-electron chi connectivity index (χ0n) is 12.7. The lowest BCUT2D eigenvalue weighted by Crippen LogP contribution is -2.34. The van der Waals surface area contributed by atoms with Gasteiger partial charge in [0, 0.05) is 18.5 Å². The third-order valence-electron chi connectivity index (χ3n) is 3.84. The molecular formula is C16H24N4. The second kappa shape index (κ2) is 6.66. The molecule has 0 aliphatic carbocycles. The minimum absolute atomic E-state index is 0.344. The first-order valence-electron chi connectivity index (χ1n) is 7.24. The third-order valence-corrected chi connectivity index (χ3v) is 3.84. The van der Waals surface area contributed by atoms with Crippen molar-refractivity contribution >= 4 is 0 Å². The number of hydrogen-bond acceptors (Lipinski definition) is 3. The summed E-state index contributed by atoms with van der Waals surface area (Å²) in [6, 6.07) is 11.3. The lowest BCUT2D eigenvalue weighted by molar-refractivity contribution is 0.439. The summed E-state index contributed by atoms with van der Waals surface area (Å²) in [7, 11) is 2.01. The Morgan fingerprint density at radius 2 is 1.85 bits per heavy atom. The maximum absolute atomic E-state index is 4.41. The summed E-state index contributed by atoms with van der Waals surface area (Å²) in [4.78, 5) is 4.41. The lowest BCUT2D eigenvalue weighted by atomic mass is 9.91. The molecule has 0 radical (unpaired) electrons. The van der Waals surface area contributed by atoms with E-state index in [-0.39, 0.29) is 0 Å². The van der Waals surface area contributed by atoms with E-state index >= 15 is 0 Å². The van der Waals surface area contributed by atoms with Gasteiger partial charge < -0.3 is 5.32 Å². The van der Waals surface area contributed by atoms with Gasteiger partial charge in [0.1, 0.15) is 12.2 Å². The molecule has 0 fully saturated rings. The summed E-state index contributed by atoms with van der Waals surface area (Å²) >= 11 is 0. The average molecular weight is 272 g/mol. The highest BCUT2D eigenvalue weighted by molar-refractivity contribution is 5.21. The van der Waals surface area contributed by atoms with Crippen LogP contribution >= 0.6 is 0 Å². The number of hydrogen-bond donors (Lipinski definition) is 1. The van der Waals surface area contributed by atoms with E-state index in [9.17, 15) is 0 Å². The summed E-state index contributed by atoms with van der Waals surface area (Å²) in [6.45, 7) is 6.52. The highest BCUT2D eigenvalue weighted by atomic mass is 15.3. The number of likely N-dealkylation sites (N-methyl/N-ethyl adjacent to an activating group) is 1. The molecule has 2 atom stereocenters. The highest BCUT2D eigenvalue weighted by Crippen LogP contribution is 2.21. The Morgan fingerprint density at radius 1 is 1.15 bits per heavy atom. The average Bonchev–Trinajstić information content (AvgIpc) is 2.93. The molecule has 0 aliphatic rings. The smallest absolute Gasteiger partial charge is 0.138 e. The number of aromatic nitrogens is 3. The Labute approximate surface area is 121 Å². The molecule has 1 heterocycles. The Morgan fingerprint density at radius 3 is 2.45 bits per heavy atom. The molecule has 0 aliphatic heterocycles. The summed E-state index contributed by atoms with van der Waals surface area (Å²) in [5.41, 5.74) is 1.35. The van der Waals surface area contributed by atoms with E-state index in [1.165, 1.54) is 5.56 Å². The van der Waals surface area contributed by atoms with Crippen LogP contribution in [0.15, 0.2) is 36.7 Å². The molecule has 1 aromatic carbocycles. The fourth-order valence-electron chi connectivity index (χ4n) is 2.57. The fourth-order valence-corrected chi connectivity index (χ4v) is 2.57. The number of benzene rings is 1. The molecule has 1 N–H and O–H groups in total. The summed E-state index contributed by atoms with van der Waals surface area (Å²) in [5.74, 6) is 1.47. The SMILES string of the molecule is CNC(Cc1ncnn1C(C)C)C(C)c1ccccc1. The largest absolute Gasteiger partial charge is 0.316 e. The van der Waals surface area contributed by atoms with Gasteiger partial charge in [-0.25, -0.2) is 9.67 Å². The quantitative estimate of drug-likeness (QED) is 0.879. The fraction of sp³-hybridized carbons (Fsp3) is 0.500. The van der Waals surface area contributed by atoms with Crippen LogP contribution in [0.3, 0.4) is 0 Å². The minimum Gasteiger partial charge on any atom is -0.316 e. The van der Waals surface area contributed by atoms with Crippen LogP contribution < -0.4 is 5.32 Å². The van der Waals surface area contributed by atoms with Crippen molar-refractivity contribution < 1.29 is 0 Å². The van der Waals surface area contributed by atoms with E-state index in [2.05, 4.69) is 66.5 Å². The van der Waals surface area contributed by atoms with Gasteiger partial charge in [0.25, 0.3) is 0 Å². The maximum Gasteiger partial charge on any atom is 0.138 e. The van der Waals surface area contributed by atoms with E-state index in [4.69, 9.17) is 0 Å². The molecule has 4 nitrogen and oxygen atoms in total. The van der Waals surface area contributed by atoms with Crippen molar-refractivity contribution in [3.05, 3.63) is 48.0 Å². The van der Waals surface area contributed by atoms with Crippen molar-refractivity contribution in [2.24, 2.45) is 0 Å². The zero-order valence-corrected chi connectivity index (χ0v) is 12.7. The summed E-state index contributed by atoms with van der Waals surface area (Å²) in [6.07, 6.45) is 2.53. The molecule has 4 heteroatoms. The van der Waals surface area contributed by atoms with E-state index in [0.29, 0.717) is 18.0 Å². The van der Waals surface area contributed by atoms with Crippen LogP contribution in [0.1, 0.15) is 44.1 Å². The summed E-state index contributed by atoms with van der Waals surface area (Å²) < 4.78 is 2.00. The van der Waals surface area contributed by atoms with Crippen LogP contribution in [-0.2, 0) is 6.42 Å². The van der Waals surface area contributed by atoms with E-state index in [1.54, 1.807) is 6.33 Å². The molecule has 1 aromatic heterocycles. The second-order valence-electron chi connectivity index (χ2n) is 5.51. The highest BCUT2D eigenvalue weighted by Gasteiger charge is 2.20. The lowest BCUT2D eigenvalue weighted by Gasteiger charge is -2.24. The Hall–Kier alpha value is -1.68. The Balaban J connectivity index is 2.15. The van der Waals surface area contributed by atoms with Crippen LogP contribution in [0.25, 0.3) is 0 Å². The molecule has 0 bridgehead atoms. The molecular weight excluding hydrogens is 248 g/mol. The van der Waals surface area contributed by atoms with E-state index in [0.717, 1.165) is 12.2 Å². The molecule has 0 spiro atoms. The minimum atomic E-state index is 0.344. The second-order valence-corrected chi connectivity index (χ2v) is 5.51. The zero-order chi connectivity index (χ0) is 14.5. The van der Waals surface area contributed by atoms with Gasteiger partial charge in [-0.15, -0.1) is 0 Å². The third kappa shape index (κ3) is 3.25. The van der Waals surface area contributed by atoms with E-state index in [1.807, 2.05) is 11.7 Å². The van der Waals surface area contributed by atoms with Crippen molar-refractivity contribution in [1.82, 2.24) is 20.1 Å². The monoisotopic (exact) mass is 272 g/mol. The van der Waals surface area contributed by atoms with Crippen molar-refractivity contribution in [3.63, 3.8) is 0 Å². The van der Waals surface area contributed by atoms with Crippen molar-refractivity contribution in [2.75, 3.05) is 7.05 Å². The summed E-state index contributed by atoms with van der Waals surface area (Å²) in [5, 5.41) is 7.74. The molecule has 0 saturated heterocycles. The predicted octanol–water partition coefficient (Wildman–Crippen LogP) is 2.79. The Kier molecular flexibility index (Phi) is 4.90. The van der Waals surface area contributed by atoms with E-state index < -0.39 is 0 Å². The normalized spacial score (nSPS) is 14.4. The molecule has 20 heavy (non-hydrogen) atoms. The van der Waals surface area contributed by atoms with Gasteiger partial charge >= 0.3 is 0 Å². The van der Waals surface area contributed by atoms with Gasteiger partial charge in [0.2, 0.25) is 0 Å². The van der Waals surface area contributed by atoms with Crippen LogP contribution in [0.5, 0.6) is 0 Å². The first kappa shape index (κ1) is 14.7. The van der Waals surface area contributed by atoms with Gasteiger partial charge in [-0.2, -0.15) is 5.10 Å². The molecule has 108 valence electrons.